The molecule has 1 aromatic heterocycles. The Morgan fingerprint density at radius 2 is 2.04 bits per heavy atom. The molecule has 0 radical (unpaired) electrons. The molecule has 1 aliphatic rings. The van der Waals surface area contributed by atoms with Crippen LogP contribution in [0.4, 0.5) is 5.00 Å². The number of nitrogens with one attached hydrogen (secondary N) is 1. The van der Waals surface area contributed by atoms with Crippen LogP contribution in [0.3, 0.4) is 0 Å². The highest BCUT2D eigenvalue weighted by molar-refractivity contribution is 7.89. The molecule has 0 saturated carbocycles. The molecule has 1 fully saturated rings. The molecule has 1 amide bonds. The van der Waals surface area contributed by atoms with Crippen LogP contribution in [0.1, 0.15) is 15.2 Å². The van der Waals surface area contributed by atoms with Crippen molar-refractivity contribution in [2.45, 2.75) is 4.90 Å². The van der Waals surface area contributed by atoms with Gasteiger partial charge in [0.1, 0.15) is 4.90 Å². The molecule has 3 rings (SSSR count). The third-order valence-corrected chi connectivity index (χ3v) is 6.27. The summed E-state index contributed by atoms with van der Waals surface area (Å²) in [6, 6.07) is 7.71. The Morgan fingerprint density at radius 1 is 1.30 bits per heavy atom. The van der Waals surface area contributed by atoms with E-state index < -0.39 is 15.9 Å². The molecule has 0 aliphatic carbocycles. The van der Waals surface area contributed by atoms with E-state index in [4.69, 9.17) is 21.5 Å². The van der Waals surface area contributed by atoms with Crippen molar-refractivity contribution in [3.05, 3.63) is 45.8 Å². The van der Waals surface area contributed by atoms with E-state index in [-0.39, 0.29) is 15.5 Å². The molecule has 1 aliphatic heterocycles. The van der Waals surface area contributed by atoms with Crippen LogP contribution < -0.4 is 15.5 Å². The maximum absolute atomic E-state index is 12.2. The van der Waals surface area contributed by atoms with E-state index in [1.54, 1.807) is 11.3 Å². The second kappa shape index (κ2) is 8.36. The zero-order valence-electron chi connectivity index (χ0n) is 14.1. The normalized spacial score (nSPS) is 15.3. The number of hydrazone groups is 1. The molecule has 1 aromatic carbocycles. The lowest BCUT2D eigenvalue weighted by molar-refractivity contribution is 0.0955. The van der Waals surface area contributed by atoms with Gasteiger partial charge < -0.3 is 9.64 Å². The second-order valence-electron chi connectivity index (χ2n) is 5.66. The zero-order valence-corrected chi connectivity index (χ0v) is 16.5. The van der Waals surface area contributed by atoms with Crippen molar-refractivity contribution in [2.75, 3.05) is 31.2 Å². The lowest BCUT2D eigenvalue weighted by atomic mass is 10.2. The van der Waals surface area contributed by atoms with Crippen molar-refractivity contribution >= 4 is 50.1 Å². The maximum Gasteiger partial charge on any atom is 0.271 e. The number of amides is 1. The molecule has 1 saturated heterocycles. The van der Waals surface area contributed by atoms with Gasteiger partial charge in [-0.2, -0.15) is 5.10 Å². The molecule has 0 spiro atoms. The molecule has 27 heavy (non-hydrogen) atoms. The number of ether oxygens (including phenoxy) is 1. The zero-order chi connectivity index (χ0) is 19.4. The fraction of sp³-hybridized carbons (Fsp3) is 0.250. The largest absolute Gasteiger partial charge is 0.378 e. The van der Waals surface area contributed by atoms with Gasteiger partial charge in [0, 0.05) is 23.5 Å². The van der Waals surface area contributed by atoms with Crippen LogP contribution in [-0.4, -0.2) is 46.8 Å². The quantitative estimate of drug-likeness (QED) is 0.555. The van der Waals surface area contributed by atoms with Gasteiger partial charge in [0.25, 0.3) is 5.91 Å². The molecule has 2 heterocycles. The number of carbonyl (C=O) groups excluding carboxylic acids is 1. The smallest absolute Gasteiger partial charge is 0.271 e. The van der Waals surface area contributed by atoms with E-state index in [1.165, 1.54) is 18.3 Å². The molecule has 0 bridgehead atoms. The summed E-state index contributed by atoms with van der Waals surface area (Å²) in [7, 11) is -4.02. The van der Waals surface area contributed by atoms with E-state index in [0.717, 1.165) is 29.0 Å². The predicted molar refractivity (Wildman–Crippen MR) is 105 cm³/mol. The average molecular weight is 429 g/mol. The predicted octanol–water partition coefficient (Wildman–Crippen LogP) is 1.65. The highest BCUT2D eigenvalue weighted by Crippen LogP contribution is 2.25. The third-order valence-electron chi connectivity index (χ3n) is 3.79. The van der Waals surface area contributed by atoms with Crippen molar-refractivity contribution < 1.29 is 17.9 Å². The van der Waals surface area contributed by atoms with Crippen LogP contribution >= 0.6 is 22.9 Å². The Morgan fingerprint density at radius 3 is 2.74 bits per heavy atom. The van der Waals surface area contributed by atoms with Gasteiger partial charge in [0.15, 0.2) is 0 Å². The third kappa shape index (κ3) is 5.05. The molecular formula is C16H17ClN4O4S2. The van der Waals surface area contributed by atoms with Crippen LogP contribution in [0.2, 0.25) is 5.02 Å². The number of halogens is 1. The summed E-state index contributed by atoms with van der Waals surface area (Å²) in [5.74, 6) is -0.572. The highest BCUT2D eigenvalue weighted by Gasteiger charge is 2.16. The van der Waals surface area contributed by atoms with Crippen molar-refractivity contribution in [1.82, 2.24) is 5.43 Å². The van der Waals surface area contributed by atoms with Crippen LogP contribution in [0.15, 0.2) is 40.3 Å². The fourth-order valence-electron chi connectivity index (χ4n) is 2.45. The Bertz CT molecular complexity index is 969. The Balaban J connectivity index is 1.65. The first-order chi connectivity index (χ1) is 12.8. The second-order valence-corrected chi connectivity index (χ2v) is 8.70. The first-order valence-corrected chi connectivity index (χ1v) is 10.7. The minimum Gasteiger partial charge on any atom is -0.378 e. The number of sulfonamides is 1. The SMILES string of the molecule is NS(=O)(=O)c1cc(C(=O)NN=Cc2ccc(N3CCOCC3)s2)ccc1Cl. The van der Waals surface area contributed by atoms with Gasteiger partial charge in [-0.05, 0) is 30.3 Å². The summed E-state index contributed by atoms with van der Waals surface area (Å²) in [5, 5.41) is 10.1. The molecule has 144 valence electrons. The summed E-state index contributed by atoms with van der Waals surface area (Å²) in [4.78, 5) is 14.9. The monoisotopic (exact) mass is 428 g/mol. The average Bonchev–Trinajstić information content (AvgIpc) is 3.10. The van der Waals surface area contributed by atoms with Gasteiger partial charge in [-0.15, -0.1) is 11.3 Å². The molecular weight excluding hydrogens is 412 g/mol. The molecule has 2 aromatic rings. The van der Waals surface area contributed by atoms with Gasteiger partial charge in [-0.25, -0.2) is 19.0 Å². The highest BCUT2D eigenvalue weighted by atomic mass is 35.5. The van der Waals surface area contributed by atoms with Crippen molar-refractivity contribution in [1.29, 1.82) is 0 Å². The lowest BCUT2D eigenvalue weighted by Crippen LogP contribution is -2.35. The Kier molecular flexibility index (Phi) is 6.12. The van der Waals surface area contributed by atoms with Gasteiger partial charge in [0.05, 0.1) is 29.5 Å². The van der Waals surface area contributed by atoms with E-state index in [1.807, 2.05) is 12.1 Å². The maximum atomic E-state index is 12.2. The number of primary sulfonamides is 1. The van der Waals surface area contributed by atoms with E-state index in [2.05, 4.69) is 15.4 Å². The number of hydrogen-bond acceptors (Lipinski definition) is 7. The van der Waals surface area contributed by atoms with Gasteiger partial charge in [-0.3, -0.25) is 4.79 Å². The molecule has 11 heteroatoms. The van der Waals surface area contributed by atoms with Crippen LogP contribution in [0.5, 0.6) is 0 Å². The fourth-order valence-corrected chi connectivity index (χ4v) is 4.45. The summed E-state index contributed by atoms with van der Waals surface area (Å²) in [6.45, 7) is 3.10. The van der Waals surface area contributed by atoms with Crippen molar-refractivity contribution in [3.8, 4) is 0 Å². The summed E-state index contributed by atoms with van der Waals surface area (Å²) in [6.07, 6.45) is 1.53. The minimum absolute atomic E-state index is 0.0493. The summed E-state index contributed by atoms with van der Waals surface area (Å²) < 4.78 is 28.3. The van der Waals surface area contributed by atoms with Crippen molar-refractivity contribution in [3.63, 3.8) is 0 Å². The molecule has 0 unspecified atom stereocenters. The number of rotatable bonds is 5. The standard InChI is InChI=1S/C16H17ClN4O4S2/c17-13-3-1-11(9-14(13)27(18,23)24)16(22)20-19-10-12-2-4-15(26-12)21-5-7-25-8-6-21/h1-4,9-10H,5-8H2,(H,20,22)(H2,18,23,24). The number of hydrogen-bond donors (Lipinski definition) is 2. The summed E-state index contributed by atoms with van der Waals surface area (Å²) >= 11 is 7.36. The number of carbonyl (C=O) groups is 1. The van der Waals surface area contributed by atoms with Crippen LogP contribution in [-0.2, 0) is 14.8 Å². The minimum atomic E-state index is -4.02. The number of anilines is 1. The lowest BCUT2D eigenvalue weighted by Gasteiger charge is -2.27. The molecule has 0 atom stereocenters. The summed E-state index contributed by atoms with van der Waals surface area (Å²) in [5.41, 5.74) is 2.44. The number of nitrogens with zero attached hydrogens (tertiary/aromatic N) is 2. The first kappa shape index (κ1) is 19.8. The molecule has 8 nitrogen and oxygen atoms in total. The number of thiophene rings is 1. The number of benzene rings is 1. The van der Waals surface area contributed by atoms with Gasteiger partial charge in [0.2, 0.25) is 10.0 Å². The van der Waals surface area contributed by atoms with E-state index >= 15 is 0 Å². The van der Waals surface area contributed by atoms with E-state index in [9.17, 15) is 13.2 Å². The van der Waals surface area contributed by atoms with Gasteiger partial charge >= 0.3 is 0 Å². The van der Waals surface area contributed by atoms with Crippen LogP contribution in [0, 0.1) is 0 Å². The Labute approximate surface area is 165 Å². The van der Waals surface area contributed by atoms with Gasteiger partial charge in [-0.1, -0.05) is 11.6 Å². The number of morpholine rings is 1. The Hall–Kier alpha value is -1.98. The van der Waals surface area contributed by atoms with Crippen LogP contribution in [0.25, 0.3) is 0 Å². The first-order valence-electron chi connectivity index (χ1n) is 7.93. The topological polar surface area (TPSA) is 114 Å². The number of nitrogens with two attached hydrogens (primary N) is 1. The van der Waals surface area contributed by atoms with Crippen molar-refractivity contribution in [2.24, 2.45) is 10.2 Å². The van der Waals surface area contributed by atoms with E-state index in [0.29, 0.717) is 13.2 Å². The molecule has 3 N–H and O–H groups in total.